The van der Waals surface area contributed by atoms with Gasteiger partial charge in [0.1, 0.15) is 5.82 Å². The number of nitrogen functional groups attached to an aromatic ring is 1. The number of nitrogens with two attached hydrogens (primary N) is 1. The minimum atomic E-state index is -0.402. The van der Waals surface area contributed by atoms with Gasteiger partial charge in [-0.05, 0) is 13.3 Å². The second kappa shape index (κ2) is 7.75. The summed E-state index contributed by atoms with van der Waals surface area (Å²) in [4.78, 5) is 23.9. The molecule has 7 nitrogen and oxygen atoms in total. The smallest absolute Gasteiger partial charge is 0.332 e. The molecule has 0 amide bonds. The predicted molar refractivity (Wildman–Crippen MR) is 72.4 cm³/mol. The van der Waals surface area contributed by atoms with Crippen LogP contribution < -0.4 is 17.0 Å². The lowest BCUT2D eigenvalue weighted by Crippen LogP contribution is -2.41. The van der Waals surface area contributed by atoms with Crippen molar-refractivity contribution in [3.05, 3.63) is 26.9 Å². The van der Waals surface area contributed by atoms with Gasteiger partial charge in [-0.3, -0.25) is 13.9 Å². The van der Waals surface area contributed by atoms with Gasteiger partial charge in [0, 0.05) is 32.9 Å². The summed E-state index contributed by atoms with van der Waals surface area (Å²) in [6.45, 7) is 3.92. The first-order valence-corrected chi connectivity index (χ1v) is 6.28. The average molecular weight is 271 g/mol. The van der Waals surface area contributed by atoms with Gasteiger partial charge in [-0.25, -0.2) is 4.79 Å². The van der Waals surface area contributed by atoms with Crippen LogP contribution in [-0.4, -0.2) is 36.1 Å². The van der Waals surface area contributed by atoms with Crippen LogP contribution in [0, 0.1) is 0 Å². The molecule has 19 heavy (non-hydrogen) atoms. The second-order valence-electron chi connectivity index (χ2n) is 4.04. The molecule has 0 aliphatic carbocycles. The van der Waals surface area contributed by atoms with E-state index in [4.69, 9.17) is 15.2 Å². The van der Waals surface area contributed by atoms with Crippen LogP contribution in [0.3, 0.4) is 0 Å². The maximum Gasteiger partial charge on any atom is 0.332 e. The van der Waals surface area contributed by atoms with Crippen molar-refractivity contribution >= 4 is 5.82 Å². The van der Waals surface area contributed by atoms with E-state index in [2.05, 4.69) is 0 Å². The number of hydrogen-bond donors (Lipinski definition) is 1. The number of hydrogen-bond acceptors (Lipinski definition) is 5. The fourth-order valence-electron chi connectivity index (χ4n) is 1.73. The van der Waals surface area contributed by atoms with Crippen LogP contribution in [0.25, 0.3) is 0 Å². The average Bonchev–Trinajstić information content (AvgIpc) is 2.37. The third kappa shape index (κ3) is 4.22. The molecule has 0 spiro atoms. The summed E-state index contributed by atoms with van der Waals surface area (Å²) in [6.07, 6.45) is 0.657. The molecule has 0 saturated heterocycles. The zero-order chi connectivity index (χ0) is 14.3. The largest absolute Gasteiger partial charge is 0.385 e. The monoisotopic (exact) mass is 271 g/mol. The molecule has 0 saturated carbocycles. The number of rotatable bonds is 8. The third-order valence-electron chi connectivity index (χ3n) is 2.70. The molecule has 0 aliphatic rings. The number of aromatic nitrogens is 2. The Kier molecular flexibility index (Phi) is 6.31. The van der Waals surface area contributed by atoms with Crippen molar-refractivity contribution in [1.29, 1.82) is 0 Å². The Morgan fingerprint density at radius 3 is 2.58 bits per heavy atom. The van der Waals surface area contributed by atoms with Crippen LogP contribution in [-0.2, 0) is 22.6 Å². The van der Waals surface area contributed by atoms with Gasteiger partial charge in [-0.2, -0.15) is 0 Å². The molecule has 0 radical (unpaired) electrons. The van der Waals surface area contributed by atoms with Crippen molar-refractivity contribution in [1.82, 2.24) is 9.13 Å². The van der Waals surface area contributed by atoms with Crippen molar-refractivity contribution in [2.24, 2.45) is 0 Å². The fraction of sp³-hybridized carbons (Fsp3) is 0.667. The molecular formula is C12H21N3O4. The highest BCUT2D eigenvalue weighted by molar-refractivity contribution is 5.26. The Labute approximate surface area is 111 Å². The summed E-state index contributed by atoms with van der Waals surface area (Å²) < 4.78 is 12.6. The van der Waals surface area contributed by atoms with E-state index in [0.717, 1.165) is 4.57 Å². The SMILES string of the molecule is CCOCCn1c(=O)cc(N)n(CCCOC)c1=O. The normalized spacial score (nSPS) is 10.8. The third-order valence-corrected chi connectivity index (χ3v) is 2.70. The summed E-state index contributed by atoms with van der Waals surface area (Å²) >= 11 is 0. The highest BCUT2D eigenvalue weighted by atomic mass is 16.5. The summed E-state index contributed by atoms with van der Waals surface area (Å²) in [5.74, 6) is 0.179. The number of ether oxygens (including phenoxy) is 2. The maximum atomic E-state index is 12.1. The van der Waals surface area contributed by atoms with E-state index in [-0.39, 0.29) is 12.4 Å². The van der Waals surface area contributed by atoms with Crippen molar-refractivity contribution < 1.29 is 9.47 Å². The lowest BCUT2D eigenvalue weighted by Gasteiger charge is -2.12. The first-order valence-electron chi connectivity index (χ1n) is 6.28. The van der Waals surface area contributed by atoms with Crippen LogP contribution in [0.4, 0.5) is 5.82 Å². The molecule has 0 unspecified atom stereocenters. The lowest BCUT2D eigenvalue weighted by molar-refractivity contribution is 0.136. The zero-order valence-electron chi connectivity index (χ0n) is 11.4. The van der Waals surface area contributed by atoms with Crippen molar-refractivity contribution in [3.63, 3.8) is 0 Å². The molecule has 0 bridgehead atoms. The summed E-state index contributed by atoms with van der Waals surface area (Å²) in [5.41, 5.74) is 4.91. The van der Waals surface area contributed by atoms with Gasteiger partial charge < -0.3 is 15.2 Å². The van der Waals surface area contributed by atoms with Gasteiger partial charge in [-0.15, -0.1) is 0 Å². The Balaban J connectivity index is 2.95. The highest BCUT2D eigenvalue weighted by Gasteiger charge is 2.09. The highest BCUT2D eigenvalue weighted by Crippen LogP contribution is 1.96. The first kappa shape index (κ1) is 15.5. The molecule has 0 fully saturated rings. The van der Waals surface area contributed by atoms with E-state index < -0.39 is 11.2 Å². The first-order chi connectivity index (χ1) is 9.11. The van der Waals surface area contributed by atoms with E-state index in [1.54, 1.807) is 7.11 Å². The summed E-state index contributed by atoms with van der Waals surface area (Å²) in [5, 5.41) is 0. The summed E-state index contributed by atoms with van der Waals surface area (Å²) in [7, 11) is 1.59. The van der Waals surface area contributed by atoms with E-state index in [1.165, 1.54) is 10.6 Å². The molecule has 0 aliphatic heterocycles. The standard InChI is InChI=1S/C12H21N3O4/c1-3-19-8-6-15-11(16)9-10(13)14(12(15)17)5-4-7-18-2/h9H,3-8,13H2,1-2H3. The minimum absolute atomic E-state index is 0.179. The van der Waals surface area contributed by atoms with Gasteiger partial charge in [0.05, 0.1) is 13.2 Å². The minimum Gasteiger partial charge on any atom is -0.385 e. The molecule has 1 aromatic heterocycles. The summed E-state index contributed by atoms with van der Waals surface area (Å²) in [6, 6.07) is 1.26. The second-order valence-corrected chi connectivity index (χ2v) is 4.04. The Morgan fingerprint density at radius 1 is 1.21 bits per heavy atom. The van der Waals surface area contributed by atoms with Gasteiger partial charge in [-0.1, -0.05) is 0 Å². The quantitative estimate of drug-likeness (QED) is 0.654. The topological polar surface area (TPSA) is 88.5 Å². The van der Waals surface area contributed by atoms with Gasteiger partial charge in [0.2, 0.25) is 0 Å². The Hall–Kier alpha value is -1.60. The van der Waals surface area contributed by atoms with Crippen molar-refractivity contribution in [3.8, 4) is 0 Å². The lowest BCUT2D eigenvalue weighted by atomic mass is 10.4. The van der Waals surface area contributed by atoms with Crippen molar-refractivity contribution in [2.45, 2.75) is 26.4 Å². The molecule has 2 N–H and O–H groups in total. The molecule has 0 aromatic carbocycles. The van der Waals surface area contributed by atoms with Crippen molar-refractivity contribution in [2.75, 3.05) is 32.7 Å². The van der Waals surface area contributed by atoms with E-state index in [1.807, 2.05) is 6.92 Å². The number of anilines is 1. The van der Waals surface area contributed by atoms with Crippen LogP contribution in [0.2, 0.25) is 0 Å². The molecule has 108 valence electrons. The molecule has 1 rings (SSSR count). The van der Waals surface area contributed by atoms with E-state index in [0.29, 0.717) is 32.8 Å². The Morgan fingerprint density at radius 2 is 1.95 bits per heavy atom. The van der Waals surface area contributed by atoms with Crippen LogP contribution in [0.15, 0.2) is 15.7 Å². The fourth-order valence-corrected chi connectivity index (χ4v) is 1.73. The zero-order valence-corrected chi connectivity index (χ0v) is 11.4. The van der Waals surface area contributed by atoms with Crippen LogP contribution in [0.5, 0.6) is 0 Å². The molecule has 1 aromatic rings. The predicted octanol–water partition coefficient (Wildman–Crippen LogP) is -0.335. The van der Waals surface area contributed by atoms with Gasteiger partial charge in [0.15, 0.2) is 0 Å². The molecule has 1 heterocycles. The van der Waals surface area contributed by atoms with Gasteiger partial charge >= 0.3 is 5.69 Å². The van der Waals surface area contributed by atoms with Gasteiger partial charge in [0.25, 0.3) is 5.56 Å². The van der Waals surface area contributed by atoms with E-state index >= 15 is 0 Å². The maximum absolute atomic E-state index is 12.1. The van der Waals surface area contributed by atoms with Crippen LogP contribution in [0.1, 0.15) is 13.3 Å². The number of nitrogens with zero attached hydrogens (tertiary/aromatic N) is 2. The molecule has 7 heteroatoms. The molecular weight excluding hydrogens is 250 g/mol. The van der Waals surface area contributed by atoms with Crippen LogP contribution >= 0.6 is 0 Å². The number of methoxy groups -OCH3 is 1. The van der Waals surface area contributed by atoms with E-state index in [9.17, 15) is 9.59 Å². The molecule has 0 atom stereocenters. The Bertz CT molecular complexity index is 507.